The highest BCUT2D eigenvalue weighted by molar-refractivity contribution is 6.00. The van der Waals surface area contributed by atoms with Crippen molar-refractivity contribution in [2.24, 2.45) is 7.05 Å². The summed E-state index contributed by atoms with van der Waals surface area (Å²) in [4.78, 5) is 64.5. The lowest BCUT2D eigenvalue weighted by atomic mass is 9.87. The summed E-state index contributed by atoms with van der Waals surface area (Å²) in [5.74, 6) is 0.148. The van der Waals surface area contributed by atoms with Crippen molar-refractivity contribution < 1.29 is 14.4 Å². The Balaban J connectivity index is 0.720. The van der Waals surface area contributed by atoms with Gasteiger partial charge < -0.3 is 10.6 Å². The summed E-state index contributed by atoms with van der Waals surface area (Å²) in [5, 5.41) is 13.4. The molecule has 0 bridgehead atoms. The summed E-state index contributed by atoms with van der Waals surface area (Å²) in [6, 6.07) is 22.3. The van der Waals surface area contributed by atoms with E-state index in [-0.39, 0.29) is 30.0 Å². The van der Waals surface area contributed by atoms with Crippen LogP contribution in [-0.4, -0.2) is 94.5 Å². The molecule has 15 nitrogen and oxygen atoms in total. The number of amides is 3. The van der Waals surface area contributed by atoms with Crippen molar-refractivity contribution in [2.75, 3.05) is 31.5 Å². The van der Waals surface area contributed by atoms with Crippen molar-refractivity contribution in [1.82, 2.24) is 49.1 Å². The van der Waals surface area contributed by atoms with Crippen LogP contribution in [0.1, 0.15) is 72.1 Å². The second-order valence-electron chi connectivity index (χ2n) is 16.2. The van der Waals surface area contributed by atoms with Crippen LogP contribution in [-0.2, 0) is 23.2 Å². The number of fused-ring (bicyclic) bond motifs is 2. The average molecular weight is 780 g/mol. The minimum atomic E-state index is -0.675. The van der Waals surface area contributed by atoms with E-state index < -0.39 is 11.9 Å². The molecule has 10 rings (SSSR count). The molecule has 4 aliphatic rings. The van der Waals surface area contributed by atoms with Crippen LogP contribution in [0.5, 0.6) is 0 Å². The summed E-state index contributed by atoms with van der Waals surface area (Å²) < 4.78 is 4.74. The standard InChI is InChI=1S/C43H45N11O4/c1-50-36-20-27(6-10-34(36)53(43(50)58)35-11-14-40(55)48-41(35)56)29-24-52(25-29)32-15-17-51(18-16-32)23-26-5-9-33(44-21-26)28-3-2-4-31(19-28)46-38-12-13-39-45-22-37(54(39)49-38)42(57)47-30-7-8-30/h2-6,9-10,12-13,19-22,29-30,32,35H,7-8,11,14-18,23-25H2,1H3,(H,46,49)(H,47,57)(H,48,55,56). The zero-order chi connectivity index (χ0) is 39.5. The van der Waals surface area contributed by atoms with Gasteiger partial charge in [-0.05, 0) is 98.8 Å². The van der Waals surface area contributed by atoms with Gasteiger partial charge in [0, 0.05) is 68.6 Å². The predicted molar refractivity (Wildman–Crippen MR) is 218 cm³/mol. The number of aromatic nitrogens is 6. The van der Waals surface area contributed by atoms with E-state index in [1.165, 1.54) is 11.1 Å². The van der Waals surface area contributed by atoms with Crippen molar-refractivity contribution in [1.29, 1.82) is 0 Å². The fourth-order valence-electron chi connectivity index (χ4n) is 8.76. The number of rotatable bonds is 10. The molecule has 58 heavy (non-hydrogen) atoms. The number of carbonyl (C=O) groups excluding carboxylic acids is 3. The lowest BCUT2D eigenvalue weighted by Crippen LogP contribution is -2.54. The predicted octanol–water partition coefficient (Wildman–Crippen LogP) is 4.12. The van der Waals surface area contributed by atoms with Gasteiger partial charge in [0.2, 0.25) is 11.8 Å². The summed E-state index contributed by atoms with van der Waals surface area (Å²) >= 11 is 0. The van der Waals surface area contributed by atoms with Crippen molar-refractivity contribution >= 4 is 45.9 Å². The van der Waals surface area contributed by atoms with E-state index in [2.05, 4.69) is 66.2 Å². The number of anilines is 2. The monoisotopic (exact) mass is 779 g/mol. The van der Waals surface area contributed by atoms with Gasteiger partial charge in [-0.2, -0.15) is 0 Å². The number of benzene rings is 2. The first-order valence-electron chi connectivity index (χ1n) is 20.2. The molecule has 2 aromatic carbocycles. The van der Waals surface area contributed by atoms with E-state index in [9.17, 15) is 19.2 Å². The van der Waals surface area contributed by atoms with Gasteiger partial charge in [0.25, 0.3) is 5.91 Å². The molecular formula is C43H45N11O4. The number of nitrogens with one attached hydrogen (secondary N) is 3. The molecule has 4 aromatic heterocycles. The van der Waals surface area contributed by atoms with Gasteiger partial charge in [0.15, 0.2) is 17.2 Å². The Morgan fingerprint density at radius 1 is 0.879 bits per heavy atom. The quantitative estimate of drug-likeness (QED) is 0.173. The number of aryl methyl sites for hydroxylation is 1. The van der Waals surface area contributed by atoms with Crippen LogP contribution in [0.25, 0.3) is 27.9 Å². The number of piperidine rings is 2. The highest BCUT2D eigenvalue weighted by Gasteiger charge is 2.36. The Kier molecular flexibility index (Phi) is 9.13. The molecule has 296 valence electrons. The molecule has 3 saturated heterocycles. The Bertz CT molecular complexity index is 2630. The van der Waals surface area contributed by atoms with Crippen LogP contribution < -0.4 is 21.6 Å². The maximum absolute atomic E-state index is 13.2. The normalized spacial score (nSPS) is 19.7. The Hall–Kier alpha value is -6.19. The van der Waals surface area contributed by atoms with Crippen LogP contribution in [0.3, 0.4) is 0 Å². The van der Waals surface area contributed by atoms with Crippen LogP contribution in [0.4, 0.5) is 11.5 Å². The molecule has 3 aliphatic heterocycles. The van der Waals surface area contributed by atoms with Crippen molar-refractivity contribution in [3.05, 3.63) is 106 Å². The van der Waals surface area contributed by atoms with Gasteiger partial charge in [0.05, 0.1) is 22.9 Å². The largest absolute Gasteiger partial charge is 0.348 e. The summed E-state index contributed by atoms with van der Waals surface area (Å²) in [6.45, 7) is 4.93. The molecule has 1 saturated carbocycles. The summed E-state index contributed by atoms with van der Waals surface area (Å²) in [5.41, 5.74) is 7.50. The maximum Gasteiger partial charge on any atom is 0.329 e. The molecule has 7 heterocycles. The molecule has 0 radical (unpaired) electrons. The number of imidazole rings is 2. The number of hydrogen-bond acceptors (Lipinski definition) is 10. The molecule has 0 spiro atoms. The Morgan fingerprint density at radius 2 is 1.72 bits per heavy atom. The van der Waals surface area contributed by atoms with E-state index in [0.29, 0.717) is 35.5 Å². The number of imide groups is 1. The Morgan fingerprint density at radius 3 is 2.50 bits per heavy atom. The van der Waals surface area contributed by atoms with Crippen LogP contribution >= 0.6 is 0 Å². The summed E-state index contributed by atoms with van der Waals surface area (Å²) in [7, 11) is 1.75. The van der Waals surface area contributed by atoms with Crippen molar-refractivity contribution in [3.63, 3.8) is 0 Å². The van der Waals surface area contributed by atoms with E-state index >= 15 is 0 Å². The molecule has 1 unspecified atom stereocenters. The number of hydrogen-bond donors (Lipinski definition) is 3. The van der Waals surface area contributed by atoms with E-state index in [0.717, 1.165) is 86.4 Å². The molecule has 4 fully saturated rings. The number of nitrogens with zero attached hydrogens (tertiary/aromatic N) is 8. The zero-order valence-corrected chi connectivity index (χ0v) is 32.3. The first kappa shape index (κ1) is 36.2. The van der Waals surface area contributed by atoms with Gasteiger partial charge in [-0.1, -0.05) is 24.3 Å². The molecule has 3 N–H and O–H groups in total. The number of likely N-dealkylation sites (tertiary alicyclic amines) is 2. The topological polar surface area (TPSA) is 164 Å². The number of pyridine rings is 1. The third kappa shape index (κ3) is 6.94. The first-order chi connectivity index (χ1) is 28.2. The minimum Gasteiger partial charge on any atom is -0.348 e. The van der Waals surface area contributed by atoms with E-state index in [1.807, 2.05) is 42.6 Å². The second kappa shape index (κ2) is 14.6. The van der Waals surface area contributed by atoms with Crippen LogP contribution in [0.2, 0.25) is 0 Å². The first-order valence-corrected chi connectivity index (χ1v) is 20.2. The number of carbonyl (C=O) groups is 3. The maximum atomic E-state index is 13.2. The average Bonchev–Trinajstić information content (AvgIpc) is 3.87. The fourth-order valence-corrected chi connectivity index (χ4v) is 8.76. The summed E-state index contributed by atoms with van der Waals surface area (Å²) in [6.07, 6.45) is 8.38. The SMILES string of the molecule is Cn1c(=O)n(C2CCC(=O)NC2=O)c2ccc(C3CN(C4CCN(Cc5ccc(-c6cccc(Nc7ccc8ncc(C(=O)NC9CC9)n8n7)c6)nc5)CC4)C3)cc21. The van der Waals surface area contributed by atoms with Crippen LogP contribution in [0.15, 0.2) is 83.9 Å². The Labute approximate surface area is 334 Å². The lowest BCUT2D eigenvalue weighted by molar-refractivity contribution is -0.135. The van der Waals surface area contributed by atoms with Crippen molar-refractivity contribution in [2.45, 2.75) is 69.1 Å². The molecule has 6 aromatic rings. The van der Waals surface area contributed by atoms with Gasteiger partial charge in [-0.3, -0.25) is 43.6 Å². The van der Waals surface area contributed by atoms with Crippen molar-refractivity contribution in [3.8, 4) is 11.3 Å². The highest BCUT2D eigenvalue weighted by atomic mass is 16.2. The van der Waals surface area contributed by atoms with E-state index in [1.54, 1.807) is 26.9 Å². The second-order valence-corrected chi connectivity index (χ2v) is 16.2. The zero-order valence-electron chi connectivity index (χ0n) is 32.3. The van der Waals surface area contributed by atoms with Gasteiger partial charge in [-0.15, -0.1) is 5.10 Å². The smallest absolute Gasteiger partial charge is 0.329 e. The van der Waals surface area contributed by atoms with Crippen LogP contribution in [0, 0.1) is 0 Å². The lowest BCUT2D eigenvalue weighted by Gasteiger charge is -2.47. The molecule has 1 atom stereocenters. The fraction of sp³-hybridized carbons (Fsp3) is 0.372. The molecule has 3 amide bonds. The van der Waals surface area contributed by atoms with E-state index in [4.69, 9.17) is 4.98 Å². The minimum absolute atomic E-state index is 0.159. The van der Waals surface area contributed by atoms with Gasteiger partial charge >= 0.3 is 5.69 Å². The third-order valence-electron chi connectivity index (χ3n) is 12.3. The van der Waals surface area contributed by atoms with Gasteiger partial charge in [-0.25, -0.2) is 14.3 Å². The highest BCUT2D eigenvalue weighted by Crippen LogP contribution is 2.34. The molecule has 1 aliphatic carbocycles. The molecule has 15 heteroatoms. The van der Waals surface area contributed by atoms with Gasteiger partial charge in [0.1, 0.15) is 6.04 Å². The molecular weight excluding hydrogens is 735 g/mol. The third-order valence-corrected chi connectivity index (χ3v) is 12.3.